The molecule has 0 atom stereocenters. The van der Waals surface area contributed by atoms with E-state index in [1.165, 1.54) is 11.3 Å². The molecule has 0 unspecified atom stereocenters. The minimum atomic E-state index is -0.196. The number of anilines is 2. The fourth-order valence-electron chi connectivity index (χ4n) is 3.12. The molecular weight excluding hydrogens is 410 g/mol. The molecule has 6 nitrogen and oxygen atoms in total. The number of benzene rings is 2. The van der Waals surface area contributed by atoms with Gasteiger partial charge in [0.25, 0.3) is 5.91 Å². The van der Waals surface area contributed by atoms with Crippen LogP contribution in [0.15, 0.2) is 48.5 Å². The molecule has 1 aromatic heterocycles. The summed E-state index contributed by atoms with van der Waals surface area (Å²) in [6, 6.07) is 14.7. The predicted octanol–water partition coefficient (Wildman–Crippen LogP) is 4.53. The van der Waals surface area contributed by atoms with Gasteiger partial charge in [0.1, 0.15) is 5.75 Å². The van der Waals surface area contributed by atoms with Gasteiger partial charge in [0, 0.05) is 28.4 Å². The van der Waals surface area contributed by atoms with E-state index in [0.29, 0.717) is 21.6 Å². The number of fused-ring (bicyclic) bond motifs is 1. The third-order valence-electron chi connectivity index (χ3n) is 4.53. The highest BCUT2D eigenvalue weighted by Gasteiger charge is 2.25. The molecule has 0 fully saturated rings. The first kappa shape index (κ1) is 19.4. The zero-order chi connectivity index (χ0) is 20.4. The summed E-state index contributed by atoms with van der Waals surface area (Å²) in [5.74, 6) is 0.292. The second-order valence-corrected chi connectivity index (χ2v) is 8.17. The van der Waals surface area contributed by atoms with Crippen LogP contribution in [0.25, 0.3) is 11.3 Å². The molecule has 4 rings (SSSR count). The maximum atomic E-state index is 12.4. The zero-order valence-corrected chi connectivity index (χ0v) is 17.2. The topological polar surface area (TPSA) is 71.5 Å². The molecule has 0 radical (unpaired) electrons. The first-order chi connectivity index (χ1) is 14.0. The van der Waals surface area contributed by atoms with Crippen molar-refractivity contribution in [1.82, 2.24) is 4.98 Å². The molecule has 0 spiro atoms. The van der Waals surface area contributed by atoms with Gasteiger partial charge < -0.3 is 15.0 Å². The van der Waals surface area contributed by atoms with E-state index in [-0.39, 0.29) is 31.4 Å². The summed E-state index contributed by atoms with van der Waals surface area (Å²) in [4.78, 5) is 31.8. The summed E-state index contributed by atoms with van der Waals surface area (Å²) in [5.41, 5.74) is 2.45. The second kappa shape index (κ2) is 8.23. The number of hydrogen-bond acceptors (Lipinski definition) is 5. The quantitative estimate of drug-likeness (QED) is 0.649. The van der Waals surface area contributed by atoms with Gasteiger partial charge in [-0.1, -0.05) is 35.9 Å². The lowest BCUT2D eigenvalue weighted by Gasteiger charge is -2.29. The Morgan fingerprint density at radius 1 is 1.24 bits per heavy atom. The lowest BCUT2D eigenvalue weighted by atomic mass is 10.1. The van der Waals surface area contributed by atoms with Crippen LogP contribution in [0.5, 0.6) is 5.75 Å². The Labute approximate surface area is 177 Å². The Kier molecular flexibility index (Phi) is 5.51. The Morgan fingerprint density at radius 2 is 2.00 bits per heavy atom. The Bertz CT molecular complexity index is 1070. The van der Waals surface area contributed by atoms with Crippen LogP contribution in [-0.4, -0.2) is 29.9 Å². The summed E-state index contributed by atoms with van der Waals surface area (Å²) in [5, 5.41) is 4.03. The van der Waals surface area contributed by atoms with Gasteiger partial charge in [0.2, 0.25) is 5.91 Å². The molecule has 0 bridgehead atoms. The maximum absolute atomic E-state index is 12.4. The summed E-state index contributed by atoms with van der Waals surface area (Å²) >= 11 is 7.36. The van der Waals surface area contributed by atoms with Crippen molar-refractivity contribution in [2.75, 3.05) is 23.4 Å². The molecule has 3 aromatic rings. The lowest BCUT2D eigenvalue weighted by Crippen LogP contribution is -2.40. The number of nitrogens with one attached hydrogen (secondary N) is 1. The third-order valence-corrected chi connectivity index (χ3v) is 5.67. The minimum Gasteiger partial charge on any atom is -0.482 e. The first-order valence-corrected chi connectivity index (χ1v) is 10.3. The number of amides is 2. The van der Waals surface area contributed by atoms with Crippen molar-refractivity contribution >= 4 is 45.6 Å². The minimum absolute atomic E-state index is 0.0191. The van der Waals surface area contributed by atoms with Gasteiger partial charge in [-0.15, -0.1) is 11.3 Å². The van der Waals surface area contributed by atoms with Crippen LogP contribution in [0.2, 0.25) is 5.02 Å². The molecule has 0 saturated carbocycles. The molecule has 0 aliphatic carbocycles. The van der Waals surface area contributed by atoms with Gasteiger partial charge in [-0.2, -0.15) is 0 Å². The van der Waals surface area contributed by atoms with E-state index in [0.717, 1.165) is 16.1 Å². The number of carbonyl (C=O) groups is 2. The van der Waals surface area contributed by atoms with E-state index in [9.17, 15) is 9.59 Å². The Morgan fingerprint density at radius 3 is 2.79 bits per heavy atom. The van der Waals surface area contributed by atoms with E-state index >= 15 is 0 Å². The normalized spacial score (nSPS) is 13.0. The van der Waals surface area contributed by atoms with Crippen LogP contribution in [0, 0.1) is 6.92 Å². The van der Waals surface area contributed by atoms with E-state index in [4.69, 9.17) is 16.3 Å². The monoisotopic (exact) mass is 427 g/mol. The number of halogens is 1. The average Bonchev–Trinajstić information content (AvgIpc) is 3.07. The highest BCUT2D eigenvalue weighted by molar-refractivity contribution is 7.16. The molecule has 1 aliphatic heterocycles. The fourth-order valence-corrected chi connectivity index (χ4v) is 4.10. The van der Waals surface area contributed by atoms with Crippen LogP contribution >= 0.6 is 22.9 Å². The van der Waals surface area contributed by atoms with Gasteiger partial charge in [-0.3, -0.25) is 9.59 Å². The number of aromatic nitrogens is 1. The van der Waals surface area contributed by atoms with Crippen molar-refractivity contribution < 1.29 is 14.3 Å². The number of carbonyl (C=O) groups excluding carboxylic acids is 2. The van der Waals surface area contributed by atoms with Crippen LogP contribution in [0.4, 0.5) is 10.8 Å². The van der Waals surface area contributed by atoms with Gasteiger partial charge in [-0.05, 0) is 31.2 Å². The Balaban J connectivity index is 1.41. The molecule has 29 heavy (non-hydrogen) atoms. The molecule has 2 amide bonds. The van der Waals surface area contributed by atoms with E-state index in [1.54, 1.807) is 4.90 Å². The third kappa shape index (κ3) is 4.26. The lowest BCUT2D eigenvalue weighted by molar-refractivity contribution is -0.121. The maximum Gasteiger partial charge on any atom is 0.265 e. The van der Waals surface area contributed by atoms with E-state index < -0.39 is 0 Å². The molecule has 1 N–H and O–H groups in total. The summed E-state index contributed by atoms with van der Waals surface area (Å²) < 4.78 is 5.43. The number of para-hydroxylation sites is 2. The number of rotatable bonds is 5. The van der Waals surface area contributed by atoms with E-state index in [2.05, 4.69) is 10.3 Å². The van der Waals surface area contributed by atoms with Crippen molar-refractivity contribution in [3.8, 4) is 17.0 Å². The van der Waals surface area contributed by atoms with Crippen LogP contribution < -0.4 is 15.0 Å². The van der Waals surface area contributed by atoms with Gasteiger partial charge in [0.15, 0.2) is 11.7 Å². The van der Waals surface area contributed by atoms with Crippen molar-refractivity contribution in [2.24, 2.45) is 0 Å². The molecule has 148 valence electrons. The smallest absolute Gasteiger partial charge is 0.265 e. The number of ether oxygens (including phenoxy) is 1. The van der Waals surface area contributed by atoms with Crippen LogP contribution in [0.3, 0.4) is 0 Å². The van der Waals surface area contributed by atoms with Crippen molar-refractivity contribution in [2.45, 2.75) is 13.3 Å². The number of aryl methyl sites for hydroxylation is 1. The fraction of sp³-hybridized carbons (Fsp3) is 0.190. The highest BCUT2D eigenvalue weighted by Crippen LogP contribution is 2.32. The predicted molar refractivity (Wildman–Crippen MR) is 115 cm³/mol. The van der Waals surface area contributed by atoms with Crippen LogP contribution in [0.1, 0.15) is 11.3 Å². The number of thiazole rings is 1. The van der Waals surface area contributed by atoms with Crippen molar-refractivity contribution in [1.29, 1.82) is 0 Å². The van der Waals surface area contributed by atoms with Gasteiger partial charge >= 0.3 is 0 Å². The van der Waals surface area contributed by atoms with Gasteiger partial charge in [0.05, 0.1) is 11.4 Å². The first-order valence-electron chi connectivity index (χ1n) is 9.06. The molecule has 0 saturated heterocycles. The molecule has 1 aliphatic rings. The average molecular weight is 428 g/mol. The molecule has 2 heterocycles. The van der Waals surface area contributed by atoms with E-state index in [1.807, 2.05) is 55.5 Å². The van der Waals surface area contributed by atoms with Crippen molar-refractivity contribution in [3.05, 3.63) is 58.4 Å². The molecule has 8 heteroatoms. The molecular formula is C21H18ClN3O3S. The largest absolute Gasteiger partial charge is 0.482 e. The SMILES string of the molecule is Cc1sc(NC(=O)CCN2C(=O)COc3ccccc32)nc1-c1ccc(Cl)cc1. The number of hydrogen-bond donors (Lipinski definition) is 1. The second-order valence-electron chi connectivity index (χ2n) is 6.53. The standard InChI is InChI=1S/C21H18ClN3O3S/c1-13-20(14-6-8-15(22)9-7-14)24-21(29-13)23-18(26)10-11-25-16-4-2-3-5-17(16)28-12-19(25)27/h2-9H,10-12H2,1H3,(H,23,24,26). The summed E-state index contributed by atoms with van der Waals surface area (Å²) in [6.45, 7) is 2.22. The van der Waals surface area contributed by atoms with Gasteiger partial charge in [-0.25, -0.2) is 4.98 Å². The summed E-state index contributed by atoms with van der Waals surface area (Å²) in [6.07, 6.45) is 0.162. The number of nitrogens with zero attached hydrogens (tertiary/aromatic N) is 2. The zero-order valence-electron chi connectivity index (χ0n) is 15.6. The Hall–Kier alpha value is -2.90. The molecule has 2 aromatic carbocycles. The highest BCUT2D eigenvalue weighted by atomic mass is 35.5. The summed E-state index contributed by atoms with van der Waals surface area (Å²) in [7, 11) is 0. The van der Waals surface area contributed by atoms with Crippen molar-refractivity contribution in [3.63, 3.8) is 0 Å². The van der Waals surface area contributed by atoms with Crippen LogP contribution in [-0.2, 0) is 9.59 Å².